The fourth-order valence-electron chi connectivity index (χ4n) is 1.54. The SMILES string of the molecule is CC(=O)OCCn1ncc2cccc(F)c21. The van der Waals surface area contributed by atoms with Gasteiger partial charge in [-0.1, -0.05) is 12.1 Å². The van der Waals surface area contributed by atoms with Gasteiger partial charge in [0.15, 0.2) is 0 Å². The van der Waals surface area contributed by atoms with Crippen molar-refractivity contribution in [3.63, 3.8) is 0 Å². The molecule has 0 radical (unpaired) electrons. The number of benzene rings is 1. The van der Waals surface area contributed by atoms with Crippen molar-refractivity contribution in [3.05, 3.63) is 30.2 Å². The first-order valence-electron chi connectivity index (χ1n) is 4.92. The number of hydrogen-bond donors (Lipinski definition) is 0. The minimum Gasteiger partial charge on any atom is -0.464 e. The third-order valence-electron chi connectivity index (χ3n) is 2.22. The summed E-state index contributed by atoms with van der Waals surface area (Å²) in [5.74, 6) is -0.672. The fourth-order valence-corrected chi connectivity index (χ4v) is 1.54. The second kappa shape index (κ2) is 4.30. The lowest BCUT2D eigenvalue weighted by atomic mass is 10.2. The molecule has 0 amide bonds. The number of carbonyl (C=O) groups is 1. The Balaban J connectivity index is 2.21. The van der Waals surface area contributed by atoms with Crippen LogP contribution in [0.4, 0.5) is 4.39 Å². The number of nitrogens with zero attached hydrogens (tertiary/aromatic N) is 2. The summed E-state index contributed by atoms with van der Waals surface area (Å²) in [6.45, 7) is 1.88. The molecule has 0 aliphatic heterocycles. The standard InChI is InChI=1S/C11H11FN2O2/c1-8(15)16-6-5-14-11-9(7-13-14)3-2-4-10(11)12/h2-4,7H,5-6H2,1H3. The summed E-state index contributed by atoms with van der Waals surface area (Å²) in [4.78, 5) is 10.6. The van der Waals surface area contributed by atoms with E-state index in [0.717, 1.165) is 5.39 Å². The Morgan fingerprint density at radius 2 is 2.38 bits per heavy atom. The average molecular weight is 222 g/mol. The van der Waals surface area contributed by atoms with Crippen LogP contribution in [-0.2, 0) is 16.1 Å². The first kappa shape index (κ1) is 10.6. The topological polar surface area (TPSA) is 44.1 Å². The van der Waals surface area contributed by atoms with Gasteiger partial charge in [0, 0.05) is 12.3 Å². The summed E-state index contributed by atoms with van der Waals surface area (Å²) >= 11 is 0. The number of fused-ring (bicyclic) bond motifs is 1. The van der Waals surface area contributed by atoms with Crippen LogP contribution in [0.2, 0.25) is 0 Å². The van der Waals surface area contributed by atoms with Crippen molar-refractivity contribution in [2.45, 2.75) is 13.5 Å². The van der Waals surface area contributed by atoms with Crippen LogP contribution in [0.15, 0.2) is 24.4 Å². The van der Waals surface area contributed by atoms with Gasteiger partial charge >= 0.3 is 5.97 Å². The molecular formula is C11H11FN2O2. The molecule has 0 saturated heterocycles. The molecule has 0 aliphatic carbocycles. The highest BCUT2D eigenvalue weighted by Crippen LogP contribution is 2.16. The molecule has 4 nitrogen and oxygen atoms in total. The van der Waals surface area contributed by atoms with E-state index in [-0.39, 0.29) is 18.4 Å². The third-order valence-corrected chi connectivity index (χ3v) is 2.22. The Morgan fingerprint density at radius 1 is 1.56 bits per heavy atom. The summed E-state index contributed by atoms with van der Waals surface area (Å²) in [7, 11) is 0. The van der Waals surface area contributed by atoms with Gasteiger partial charge in [-0.25, -0.2) is 4.39 Å². The zero-order chi connectivity index (χ0) is 11.5. The summed E-state index contributed by atoms with van der Waals surface area (Å²) in [6.07, 6.45) is 1.59. The molecule has 5 heteroatoms. The van der Waals surface area contributed by atoms with Crippen LogP contribution in [0.25, 0.3) is 10.9 Å². The van der Waals surface area contributed by atoms with E-state index < -0.39 is 0 Å². The van der Waals surface area contributed by atoms with Gasteiger partial charge in [-0.3, -0.25) is 9.48 Å². The quantitative estimate of drug-likeness (QED) is 0.743. The average Bonchev–Trinajstić information content (AvgIpc) is 2.62. The molecule has 0 aliphatic rings. The number of esters is 1. The Morgan fingerprint density at radius 3 is 3.12 bits per heavy atom. The number of ether oxygens (including phenoxy) is 1. The number of carbonyl (C=O) groups excluding carboxylic acids is 1. The monoisotopic (exact) mass is 222 g/mol. The predicted molar refractivity (Wildman–Crippen MR) is 56.3 cm³/mol. The van der Waals surface area contributed by atoms with Crippen molar-refractivity contribution in [1.82, 2.24) is 9.78 Å². The maximum absolute atomic E-state index is 13.5. The smallest absolute Gasteiger partial charge is 0.302 e. The molecule has 0 atom stereocenters. The van der Waals surface area contributed by atoms with Crippen molar-refractivity contribution < 1.29 is 13.9 Å². The molecule has 1 aromatic heterocycles. The highest BCUT2D eigenvalue weighted by molar-refractivity contribution is 5.79. The first-order valence-corrected chi connectivity index (χ1v) is 4.92. The molecule has 0 spiro atoms. The van der Waals surface area contributed by atoms with Crippen LogP contribution >= 0.6 is 0 Å². The summed E-state index contributed by atoms with van der Waals surface area (Å²) in [6, 6.07) is 4.80. The van der Waals surface area contributed by atoms with E-state index in [9.17, 15) is 9.18 Å². The molecule has 0 bridgehead atoms. The number of rotatable bonds is 3. The van der Waals surface area contributed by atoms with E-state index in [1.165, 1.54) is 17.7 Å². The zero-order valence-electron chi connectivity index (χ0n) is 8.81. The van der Waals surface area contributed by atoms with Crippen LogP contribution in [0.5, 0.6) is 0 Å². The maximum atomic E-state index is 13.5. The lowest BCUT2D eigenvalue weighted by Crippen LogP contribution is -2.10. The zero-order valence-corrected chi connectivity index (χ0v) is 8.81. The van der Waals surface area contributed by atoms with Crippen molar-refractivity contribution in [3.8, 4) is 0 Å². The van der Waals surface area contributed by atoms with E-state index in [2.05, 4.69) is 5.10 Å². The van der Waals surface area contributed by atoms with Crippen LogP contribution in [0.1, 0.15) is 6.92 Å². The molecule has 0 unspecified atom stereocenters. The van der Waals surface area contributed by atoms with Crippen LogP contribution in [-0.4, -0.2) is 22.4 Å². The van der Waals surface area contributed by atoms with Gasteiger partial charge in [0.25, 0.3) is 0 Å². The fraction of sp³-hybridized carbons (Fsp3) is 0.273. The lowest BCUT2D eigenvalue weighted by molar-refractivity contribution is -0.141. The number of aromatic nitrogens is 2. The van der Waals surface area contributed by atoms with E-state index in [1.807, 2.05) is 0 Å². The highest BCUT2D eigenvalue weighted by atomic mass is 19.1. The highest BCUT2D eigenvalue weighted by Gasteiger charge is 2.07. The summed E-state index contributed by atoms with van der Waals surface area (Å²) in [5, 5.41) is 4.78. The van der Waals surface area contributed by atoms with Gasteiger partial charge in [0.1, 0.15) is 17.9 Å². The van der Waals surface area contributed by atoms with Crippen molar-refractivity contribution >= 4 is 16.9 Å². The van der Waals surface area contributed by atoms with Gasteiger partial charge in [-0.05, 0) is 6.07 Å². The maximum Gasteiger partial charge on any atom is 0.302 e. The molecule has 16 heavy (non-hydrogen) atoms. The van der Waals surface area contributed by atoms with Crippen LogP contribution in [0, 0.1) is 5.82 Å². The number of para-hydroxylation sites is 1. The van der Waals surface area contributed by atoms with Gasteiger partial charge in [0.05, 0.1) is 12.7 Å². The van der Waals surface area contributed by atoms with Gasteiger partial charge in [-0.2, -0.15) is 5.10 Å². The van der Waals surface area contributed by atoms with Gasteiger partial charge < -0.3 is 4.74 Å². The molecule has 0 saturated carbocycles. The lowest BCUT2D eigenvalue weighted by Gasteiger charge is -2.04. The van der Waals surface area contributed by atoms with E-state index >= 15 is 0 Å². The van der Waals surface area contributed by atoms with Crippen molar-refractivity contribution in [1.29, 1.82) is 0 Å². The molecule has 0 fully saturated rings. The van der Waals surface area contributed by atoms with Crippen molar-refractivity contribution in [2.24, 2.45) is 0 Å². The Kier molecular flexibility index (Phi) is 2.85. The van der Waals surface area contributed by atoms with Crippen LogP contribution in [0.3, 0.4) is 0 Å². The van der Waals surface area contributed by atoms with E-state index in [0.29, 0.717) is 12.1 Å². The minimum atomic E-state index is -0.350. The van der Waals surface area contributed by atoms with E-state index in [4.69, 9.17) is 4.74 Å². The molecule has 0 N–H and O–H groups in total. The third kappa shape index (κ3) is 2.03. The van der Waals surface area contributed by atoms with Crippen molar-refractivity contribution in [2.75, 3.05) is 6.61 Å². The molecule has 2 rings (SSSR count). The first-order chi connectivity index (χ1) is 7.68. The van der Waals surface area contributed by atoms with Gasteiger partial charge in [-0.15, -0.1) is 0 Å². The molecule has 1 heterocycles. The summed E-state index contributed by atoms with van der Waals surface area (Å²) in [5.41, 5.74) is 0.439. The molecular weight excluding hydrogens is 211 g/mol. The summed E-state index contributed by atoms with van der Waals surface area (Å²) < 4.78 is 19.8. The van der Waals surface area contributed by atoms with Gasteiger partial charge in [0.2, 0.25) is 0 Å². The molecule has 84 valence electrons. The largest absolute Gasteiger partial charge is 0.464 e. The second-order valence-electron chi connectivity index (χ2n) is 3.39. The number of halogens is 1. The van der Waals surface area contributed by atoms with E-state index in [1.54, 1.807) is 18.3 Å². The Hall–Kier alpha value is -1.91. The van der Waals surface area contributed by atoms with Crippen LogP contribution < -0.4 is 0 Å². The number of hydrogen-bond acceptors (Lipinski definition) is 3. The Bertz CT molecular complexity index is 522. The molecule has 2 aromatic rings. The molecule has 1 aromatic carbocycles. The second-order valence-corrected chi connectivity index (χ2v) is 3.39. The Labute approximate surface area is 91.6 Å². The normalized spacial score (nSPS) is 10.6. The minimum absolute atomic E-state index is 0.195. The predicted octanol–water partition coefficient (Wildman–Crippen LogP) is 1.74.